The fourth-order valence-corrected chi connectivity index (χ4v) is 2.93. The number of anilines is 1. The second kappa shape index (κ2) is 6.94. The molecule has 7 heteroatoms. The third-order valence-electron chi connectivity index (χ3n) is 3.93. The summed E-state index contributed by atoms with van der Waals surface area (Å²) in [7, 11) is 0. The first-order valence-corrected chi connectivity index (χ1v) is 8.19. The average molecular weight is 358 g/mol. The van der Waals surface area contributed by atoms with Gasteiger partial charge in [-0.25, -0.2) is 9.36 Å². The molecule has 1 amide bonds. The number of hydrogen-bond donors (Lipinski definition) is 2. The van der Waals surface area contributed by atoms with E-state index in [1.165, 1.54) is 0 Å². The maximum atomic E-state index is 12.7. The van der Waals surface area contributed by atoms with Crippen LogP contribution >= 0.6 is 11.6 Å². The lowest BCUT2D eigenvalue weighted by Crippen LogP contribution is -2.42. The molecule has 1 aromatic heterocycles. The largest absolute Gasteiger partial charge is 0.329 e. The van der Waals surface area contributed by atoms with Crippen molar-refractivity contribution in [2.24, 2.45) is 0 Å². The molecule has 128 valence electrons. The number of aromatic amines is 1. The van der Waals surface area contributed by atoms with Crippen molar-refractivity contribution >= 4 is 34.1 Å². The number of fused-ring (bicyclic) bond motifs is 1. The summed E-state index contributed by atoms with van der Waals surface area (Å²) in [6.07, 6.45) is 0.285. The zero-order chi connectivity index (χ0) is 18.0. The zero-order valence-electron chi connectivity index (χ0n) is 13.5. The SMILES string of the molecule is CCC(C(=O)Nc1cccc(Cl)c1)n1c(=O)[nH]c2ccccc2c1=O. The van der Waals surface area contributed by atoms with Crippen molar-refractivity contribution in [2.75, 3.05) is 5.32 Å². The number of amides is 1. The second-order valence-electron chi connectivity index (χ2n) is 5.57. The summed E-state index contributed by atoms with van der Waals surface area (Å²) in [5, 5.41) is 3.53. The summed E-state index contributed by atoms with van der Waals surface area (Å²) in [4.78, 5) is 40.4. The number of carbonyl (C=O) groups is 1. The molecule has 0 aliphatic heterocycles. The van der Waals surface area contributed by atoms with E-state index in [9.17, 15) is 14.4 Å². The van der Waals surface area contributed by atoms with Crippen molar-refractivity contribution in [1.29, 1.82) is 0 Å². The molecule has 2 aromatic carbocycles. The molecule has 25 heavy (non-hydrogen) atoms. The number of para-hydroxylation sites is 1. The minimum atomic E-state index is -0.931. The maximum Gasteiger partial charge on any atom is 0.329 e. The minimum Gasteiger partial charge on any atom is -0.324 e. The molecule has 0 radical (unpaired) electrons. The van der Waals surface area contributed by atoms with E-state index < -0.39 is 23.2 Å². The summed E-state index contributed by atoms with van der Waals surface area (Å²) in [6.45, 7) is 1.74. The lowest BCUT2D eigenvalue weighted by molar-refractivity contribution is -0.119. The van der Waals surface area contributed by atoms with Gasteiger partial charge in [0.05, 0.1) is 10.9 Å². The Labute approximate surface area is 148 Å². The van der Waals surface area contributed by atoms with Gasteiger partial charge in [0, 0.05) is 10.7 Å². The summed E-state index contributed by atoms with van der Waals surface area (Å²) < 4.78 is 0.961. The number of benzene rings is 2. The van der Waals surface area contributed by atoms with Gasteiger partial charge in [-0.15, -0.1) is 0 Å². The second-order valence-corrected chi connectivity index (χ2v) is 6.01. The molecule has 0 aliphatic carbocycles. The van der Waals surface area contributed by atoms with Crippen LogP contribution in [0.25, 0.3) is 10.9 Å². The zero-order valence-corrected chi connectivity index (χ0v) is 14.2. The molecule has 2 N–H and O–H groups in total. The van der Waals surface area contributed by atoms with E-state index in [-0.39, 0.29) is 6.42 Å². The predicted octanol–water partition coefficient (Wildman–Crippen LogP) is 2.93. The highest BCUT2D eigenvalue weighted by atomic mass is 35.5. The molecule has 1 atom stereocenters. The molecule has 0 aliphatic rings. The van der Waals surface area contributed by atoms with E-state index in [2.05, 4.69) is 10.3 Å². The number of carbonyl (C=O) groups excluding carboxylic acids is 1. The standard InChI is InChI=1S/C18H16ClN3O3/c1-2-15(16(23)20-12-7-5-6-11(19)10-12)22-17(24)13-8-3-4-9-14(13)21-18(22)25/h3-10,15H,2H2,1H3,(H,20,23)(H,21,25). The normalized spacial score (nSPS) is 12.1. The third-order valence-corrected chi connectivity index (χ3v) is 4.16. The Bertz CT molecular complexity index is 1060. The van der Waals surface area contributed by atoms with Gasteiger partial charge in [0.15, 0.2) is 0 Å². The summed E-state index contributed by atoms with van der Waals surface area (Å²) in [5.74, 6) is -0.451. The maximum absolute atomic E-state index is 12.7. The first kappa shape index (κ1) is 17.0. The van der Waals surface area contributed by atoms with Crippen molar-refractivity contribution in [1.82, 2.24) is 9.55 Å². The molecular weight excluding hydrogens is 342 g/mol. The summed E-state index contributed by atoms with van der Waals surface area (Å²) in [5.41, 5.74) is -0.163. The molecule has 0 saturated carbocycles. The molecule has 3 rings (SSSR count). The number of hydrogen-bond acceptors (Lipinski definition) is 3. The van der Waals surface area contributed by atoms with Crippen LogP contribution < -0.4 is 16.6 Å². The number of rotatable bonds is 4. The quantitative estimate of drug-likeness (QED) is 0.753. The minimum absolute atomic E-state index is 0.285. The lowest BCUT2D eigenvalue weighted by atomic mass is 10.1. The Kier molecular flexibility index (Phi) is 4.72. The van der Waals surface area contributed by atoms with Crippen molar-refractivity contribution in [3.8, 4) is 0 Å². The van der Waals surface area contributed by atoms with Crippen LogP contribution in [0.4, 0.5) is 5.69 Å². The summed E-state index contributed by atoms with van der Waals surface area (Å²) >= 11 is 5.91. The highest BCUT2D eigenvalue weighted by molar-refractivity contribution is 6.30. The molecular formula is C18H16ClN3O3. The van der Waals surface area contributed by atoms with Crippen molar-refractivity contribution in [3.05, 3.63) is 74.4 Å². The van der Waals surface area contributed by atoms with Crippen LogP contribution in [0.1, 0.15) is 19.4 Å². The Morgan fingerprint density at radius 1 is 1.20 bits per heavy atom. The average Bonchev–Trinajstić information content (AvgIpc) is 2.58. The van der Waals surface area contributed by atoms with Gasteiger partial charge >= 0.3 is 5.69 Å². The molecule has 0 spiro atoms. The molecule has 0 saturated heterocycles. The first-order chi connectivity index (χ1) is 12.0. The van der Waals surface area contributed by atoms with Crippen LogP contribution in [0.15, 0.2) is 58.1 Å². The van der Waals surface area contributed by atoms with Gasteiger partial charge in [0.1, 0.15) is 6.04 Å². The van der Waals surface area contributed by atoms with Crippen molar-refractivity contribution in [2.45, 2.75) is 19.4 Å². The van der Waals surface area contributed by atoms with Crippen LogP contribution in [0, 0.1) is 0 Å². The van der Waals surface area contributed by atoms with Gasteiger partial charge in [0.25, 0.3) is 5.56 Å². The fraction of sp³-hybridized carbons (Fsp3) is 0.167. The van der Waals surface area contributed by atoms with Crippen LogP contribution in [-0.4, -0.2) is 15.5 Å². The predicted molar refractivity (Wildman–Crippen MR) is 98.2 cm³/mol. The first-order valence-electron chi connectivity index (χ1n) is 7.81. The molecule has 6 nitrogen and oxygen atoms in total. The van der Waals surface area contributed by atoms with E-state index in [4.69, 9.17) is 11.6 Å². The number of nitrogens with one attached hydrogen (secondary N) is 2. The lowest BCUT2D eigenvalue weighted by Gasteiger charge is -2.17. The van der Waals surface area contributed by atoms with E-state index in [1.54, 1.807) is 55.5 Å². The van der Waals surface area contributed by atoms with Gasteiger partial charge in [-0.3, -0.25) is 9.59 Å². The molecule has 3 aromatic rings. The van der Waals surface area contributed by atoms with Crippen molar-refractivity contribution < 1.29 is 4.79 Å². The van der Waals surface area contributed by atoms with Crippen LogP contribution in [0.5, 0.6) is 0 Å². The van der Waals surface area contributed by atoms with E-state index >= 15 is 0 Å². The number of aromatic nitrogens is 2. The van der Waals surface area contributed by atoms with Crippen LogP contribution in [0.3, 0.4) is 0 Å². The van der Waals surface area contributed by atoms with Gasteiger partial charge in [-0.2, -0.15) is 0 Å². The number of H-pyrrole nitrogens is 1. The molecule has 0 bridgehead atoms. The Morgan fingerprint density at radius 3 is 2.68 bits per heavy atom. The monoisotopic (exact) mass is 357 g/mol. The number of halogens is 1. The fourth-order valence-electron chi connectivity index (χ4n) is 2.74. The molecule has 1 heterocycles. The Balaban J connectivity index is 2.03. The van der Waals surface area contributed by atoms with Crippen molar-refractivity contribution in [3.63, 3.8) is 0 Å². The highest BCUT2D eigenvalue weighted by Gasteiger charge is 2.23. The van der Waals surface area contributed by atoms with E-state index in [0.717, 1.165) is 4.57 Å². The van der Waals surface area contributed by atoms with E-state index in [1.807, 2.05) is 0 Å². The van der Waals surface area contributed by atoms with Gasteiger partial charge in [-0.05, 0) is 36.8 Å². The van der Waals surface area contributed by atoms with Crippen LogP contribution in [-0.2, 0) is 4.79 Å². The van der Waals surface area contributed by atoms with E-state index in [0.29, 0.717) is 21.6 Å². The summed E-state index contributed by atoms with van der Waals surface area (Å²) in [6, 6.07) is 12.4. The Morgan fingerprint density at radius 2 is 1.96 bits per heavy atom. The van der Waals surface area contributed by atoms with Gasteiger partial charge in [-0.1, -0.05) is 36.7 Å². The smallest absolute Gasteiger partial charge is 0.324 e. The number of nitrogens with zero attached hydrogens (tertiary/aromatic N) is 1. The molecule has 0 fully saturated rings. The van der Waals surface area contributed by atoms with Crippen LogP contribution in [0.2, 0.25) is 5.02 Å². The highest BCUT2D eigenvalue weighted by Crippen LogP contribution is 2.17. The topological polar surface area (TPSA) is 84.0 Å². The Hall–Kier alpha value is -2.86. The van der Waals surface area contributed by atoms with Gasteiger partial charge in [0.2, 0.25) is 5.91 Å². The van der Waals surface area contributed by atoms with Gasteiger partial charge < -0.3 is 10.3 Å². The third kappa shape index (κ3) is 3.34. The molecule has 1 unspecified atom stereocenters.